The van der Waals surface area contributed by atoms with Crippen LogP contribution in [0.3, 0.4) is 0 Å². The van der Waals surface area contributed by atoms with Gasteiger partial charge in [-0.1, -0.05) is 18.2 Å². The van der Waals surface area contributed by atoms with E-state index in [-0.39, 0.29) is 0 Å². The molecule has 1 aliphatic heterocycles. The molecule has 0 atom stereocenters. The zero-order valence-corrected chi connectivity index (χ0v) is 9.13. The van der Waals surface area contributed by atoms with Crippen LogP contribution in [0.2, 0.25) is 0 Å². The molecule has 0 bridgehead atoms. The van der Waals surface area contributed by atoms with Crippen molar-refractivity contribution in [2.24, 2.45) is 5.92 Å². The average molecular weight is 213 g/mol. The van der Waals surface area contributed by atoms with Gasteiger partial charge in [0, 0.05) is 12.4 Å². The molecule has 1 fully saturated rings. The summed E-state index contributed by atoms with van der Waals surface area (Å²) in [6.45, 7) is 2.29. The first-order valence-electron chi connectivity index (χ1n) is 5.72. The van der Waals surface area contributed by atoms with Gasteiger partial charge in [-0.2, -0.15) is 5.10 Å². The molecule has 3 heteroatoms. The third kappa shape index (κ3) is 1.74. The van der Waals surface area contributed by atoms with Gasteiger partial charge in [-0.05, 0) is 43.1 Å². The van der Waals surface area contributed by atoms with Crippen molar-refractivity contribution < 1.29 is 0 Å². The fourth-order valence-electron chi connectivity index (χ4n) is 2.12. The minimum Gasteiger partial charge on any atom is -0.316 e. The van der Waals surface area contributed by atoms with Crippen LogP contribution in [0.4, 0.5) is 0 Å². The molecule has 3 rings (SSSR count). The van der Waals surface area contributed by atoms with Crippen molar-refractivity contribution in [1.29, 1.82) is 0 Å². The first kappa shape index (κ1) is 9.60. The molecule has 1 aromatic heterocycles. The van der Waals surface area contributed by atoms with Crippen LogP contribution in [0, 0.1) is 5.92 Å². The average Bonchev–Trinajstić information content (AvgIpc) is 2.77. The number of rotatable bonds is 3. The van der Waals surface area contributed by atoms with E-state index < -0.39 is 0 Å². The highest BCUT2D eigenvalue weighted by Gasteiger charge is 2.18. The Hall–Kier alpha value is -1.61. The van der Waals surface area contributed by atoms with Crippen LogP contribution in [-0.2, 0) is 6.42 Å². The quantitative estimate of drug-likeness (QED) is 0.840. The fraction of sp³-hybridized carbons (Fsp3) is 0.308. The van der Waals surface area contributed by atoms with Crippen molar-refractivity contribution in [2.45, 2.75) is 6.42 Å². The summed E-state index contributed by atoms with van der Waals surface area (Å²) in [5.41, 5.74) is 2.59. The lowest BCUT2D eigenvalue weighted by Gasteiger charge is -2.27. The summed E-state index contributed by atoms with van der Waals surface area (Å²) in [6.07, 6.45) is 4.96. The predicted octanol–water partition coefficient (Wildman–Crippen LogP) is 1.63. The van der Waals surface area contributed by atoms with Crippen molar-refractivity contribution >= 4 is 0 Å². The van der Waals surface area contributed by atoms with Gasteiger partial charge in [-0.3, -0.25) is 0 Å². The minimum atomic E-state index is 0.789. The fourth-order valence-corrected chi connectivity index (χ4v) is 2.12. The van der Waals surface area contributed by atoms with Gasteiger partial charge in [0.15, 0.2) is 0 Å². The van der Waals surface area contributed by atoms with E-state index in [1.165, 1.54) is 11.3 Å². The standard InChI is InChI=1S/C13H15N3/c1-2-5-13(16-7-3-6-15-16)12(4-1)8-11-9-14-10-11/h1-7,11,14H,8-10H2. The molecule has 0 amide bonds. The Balaban J connectivity index is 1.91. The van der Waals surface area contributed by atoms with Gasteiger partial charge in [0.25, 0.3) is 0 Å². The molecule has 0 aliphatic carbocycles. The van der Waals surface area contributed by atoms with Gasteiger partial charge in [-0.25, -0.2) is 4.68 Å². The molecular weight excluding hydrogens is 198 g/mol. The van der Waals surface area contributed by atoms with Crippen molar-refractivity contribution in [1.82, 2.24) is 15.1 Å². The van der Waals surface area contributed by atoms with Crippen molar-refractivity contribution in [3.8, 4) is 5.69 Å². The number of hydrogen-bond acceptors (Lipinski definition) is 2. The monoisotopic (exact) mass is 213 g/mol. The van der Waals surface area contributed by atoms with Crippen molar-refractivity contribution in [3.05, 3.63) is 48.3 Å². The van der Waals surface area contributed by atoms with E-state index in [0.29, 0.717) is 0 Å². The van der Waals surface area contributed by atoms with E-state index in [4.69, 9.17) is 0 Å². The van der Waals surface area contributed by atoms with E-state index in [9.17, 15) is 0 Å². The van der Waals surface area contributed by atoms with Crippen molar-refractivity contribution in [2.75, 3.05) is 13.1 Å². The number of para-hydroxylation sites is 1. The van der Waals surface area contributed by atoms with Gasteiger partial charge in [0.2, 0.25) is 0 Å². The zero-order valence-electron chi connectivity index (χ0n) is 9.13. The molecule has 0 spiro atoms. The Kier molecular flexibility index (Phi) is 2.46. The van der Waals surface area contributed by atoms with E-state index >= 15 is 0 Å². The second-order valence-corrected chi connectivity index (χ2v) is 4.31. The van der Waals surface area contributed by atoms with Gasteiger partial charge in [0.1, 0.15) is 0 Å². The molecule has 1 aromatic carbocycles. The van der Waals surface area contributed by atoms with Gasteiger partial charge in [0.05, 0.1) is 5.69 Å². The molecule has 1 saturated heterocycles. The van der Waals surface area contributed by atoms with E-state index in [1.54, 1.807) is 0 Å². The molecule has 1 aliphatic rings. The first-order chi connectivity index (χ1) is 7.93. The van der Waals surface area contributed by atoms with Gasteiger partial charge in [-0.15, -0.1) is 0 Å². The molecule has 3 nitrogen and oxygen atoms in total. The third-order valence-electron chi connectivity index (χ3n) is 3.12. The predicted molar refractivity (Wildman–Crippen MR) is 63.6 cm³/mol. The van der Waals surface area contributed by atoms with Crippen LogP contribution in [0.5, 0.6) is 0 Å². The highest BCUT2D eigenvalue weighted by molar-refractivity contribution is 5.40. The van der Waals surface area contributed by atoms with Crippen LogP contribution < -0.4 is 5.32 Å². The maximum Gasteiger partial charge on any atom is 0.0677 e. The minimum absolute atomic E-state index is 0.789. The summed E-state index contributed by atoms with van der Waals surface area (Å²) in [4.78, 5) is 0. The number of aromatic nitrogens is 2. The Bertz CT molecular complexity index is 458. The Morgan fingerprint density at radius 1 is 1.25 bits per heavy atom. The third-order valence-corrected chi connectivity index (χ3v) is 3.12. The van der Waals surface area contributed by atoms with E-state index in [1.807, 2.05) is 23.1 Å². The maximum atomic E-state index is 4.30. The lowest BCUT2D eigenvalue weighted by Crippen LogP contribution is -2.43. The number of nitrogens with zero attached hydrogens (tertiary/aromatic N) is 2. The first-order valence-corrected chi connectivity index (χ1v) is 5.72. The highest BCUT2D eigenvalue weighted by Crippen LogP contribution is 2.19. The topological polar surface area (TPSA) is 29.9 Å². The molecule has 2 heterocycles. The lowest BCUT2D eigenvalue weighted by atomic mass is 9.93. The second-order valence-electron chi connectivity index (χ2n) is 4.31. The second kappa shape index (κ2) is 4.10. The van der Waals surface area contributed by atoms with Crippen LogP contribution in [0.15, 0.2) is 42.7 Å². The lowest BCUT2D eigenvalue weighted by molar-refractivity contribution is 0.346. The normalized spacial score (nSPS) is 16.0. The summed E-state index contributed by atoms with van der Waals surface area (Å²) in [5, 5.41) is 7.61. The number of hydrogen-bond donors (Lipinski definition) is 1. The molecule has 0 radical (unpaired) electrons. The summed E-state index contributed by atoms with van der Waals surface area (Å²) >= 11 is 0. The summed E-state index contributed by atoms with van der Waals surface area (Å²) in [7, 11) is 0. The smallest absolute Gasteiger partial charge is 0.0677 e. The summed E-state index contributed by atoms with van der Waals surface area (Å²) < 4.78 is 1.95. The summed E-state index contributed by atoms with van der Waals surface area (Å²) in [6, 6.07) is 10.5. The zero-order chi connectivity index (χ0) is 10.8. The number of benzene rings is 1. The number of nitrogens with one attached hydrogen (secondary N) is 1. The van der Waals surface area contributed by atoms with Crippen molar-refractivity contribution in [3.63, 3.8) is 0 Å². The maximum absolute atomic E-state index is 4.30. The van der Waals surface area contributed by atoms with Crippen LogP contribution in [0.25, 0.3) is 5.69 Å². The molecular formula is C13H15N3. The van der Waals surface area contributed by atoms with Crippen LogP contribution in [-0.4, -0.2) is 22.9 Å². The molecule has 82 valence electrons. The van der Waals surface area contributed by atoms with Gasteiger partial charge >= 0.3 is 0 Å². The molecule has 16 heavy (non-hydrogen) atoms. The molecule has 0 unspecified atom stereocenters. The highest BCUT2D eigenvalue weighted by atomic mass is 15.3. The SMILES string of the molecule is c1ccc(-n2cccn2)c(CC2CNC2)c1. The Labute approximate surface area is 95.1 Å². The van der Waals surface area contributed by atoms with Crippen LogP contribution in [0.1, 0.15) is 5.56 Å². The van der Waals surface area contributed by atoms with Crippen LogP contribution >= 0.6 is 0 Å². The Morgan fingerprint density at radius 2 is 2.12 bits per heavy atom. The Morgan fingerprint density at radius 3 is 2.81 bits per heavy atom. The molecule has 2 aromatic rings. The van der Waals surface area contributed by atoms with E-state index in [2.05, 4.69) is 34.7 Å². The largest absolute Gasteiger partial charge is 0.316 e. The summed E-state index contributed by atoms with van der Waals surface area (Å²) in [5.74, 6) is 0.789. The van der Waals surface area contributed by atoms with E-state index in [0.717, 1.165) is 25.4 Å². The van der Waals surface area contributed by atoms with Gasteiger partial charge < -0.3 is 5.32 Å². The molecule has 0 saturated carbocycles. The molecule has 1 N–H and O–H groups in total.